The Hall–Kier alpha value is -1.68. The average molecular weight is 298 g/mol. The maximum atomic E-state index is 4.42. The molecule has 4 nitrogen and oxygen atoms in total. The van der Waals surface area contributed by atoms with Crippen LogP contribution in [0.25, 0.3) is 0 Å². The Balaban J connectivity index is 1.59. The topological polar surface area (TPSA) is 34.0 Å². The summed E-state index contributed by atoms with van der Waals surface area (Å²) in [6.07, 6.45) is 7.83. The average Bonchev–Trinajstić information content (AvgIpc) is 2.82. The Labute approximate surface area is 133 Å². The quantitative estimate of drug-likeness (QED) is 0.870. The first kappa shape index (κ1) is 15.2. The highest BCUT2D eigenvalue weighted by Gasteiger charge is 2.21. The van der Waals surface area contributed by atoms with Gasteiger partial charge in [0.25, 0.3) is 0 Å². The van der Waals surface area contributed by atoms with Gasteiger partial charge in [0, 0.05) is 43.3 Å². The van der Waals surface area contributed by atoms with Crippen LogP contribution in [0.15, 0.2) is 24.5 Å². The van der Waals surface area contributed by atoms with Gasteiger partial charge in [0.1, 0.15) is 0 Å². The number of aromatic nitrogens is 3. The number of aryl methyl sites for hydroxylation is 2. The molecule has 0 aromatic carbocycles. The van der Waals surface area contributed by atoms with Crippen LogP contribution in [0.4, 0.5) is 0 Å². The van der Waals surface area contributed by atoms with E-state index in [-0.39, 0.29) is 0 Å². The number of hydrogen-bond donors (Lipinski definition) is 0. The van der Waals surface area contributed by atoms with Gasteiger partial charge in [-0.1, -0.05) is 6.07 Å². The molecule has 1 aliphatic heterocycles. The summed E-state index contributed by atoms with van der Waals surface area (Å²) >= 11 is 0. The fourth-order valence-corrected chi connectivity index (χ4v) is 3.35. The van der Waals surface area contributed by atoms with Gasteiger partial charge in [-0.05, 0) is 57.2 Å². The van der Waals surface area contributed by atoms with Crippen molar-refractivity contribution >= 4 is 0 Å². The summed E-state index contributed by atoms with van der Waals surface area (Å²) in [5.74, 6) is 0.746. The normalized spacial score (nSPS) is 19.5. The van der Waals surface area contributed by atoms with E-state index < -0.39 is 0 Å². The van der Waals surface area contributed by atoms with E-state index in [9.17, 15) is 0 Å². The Morgan fingerprint density at radius 3 is 2.77 bits per heavy atom. The standard InChI is InChI=1S/C18H26N4/c1-14-6-7-16(10-19-14)9-17-5-4-8-22(12-17)13-18-11-20-21(3)15(18)2/h6-7,10-11,17H,4-5,8-9,12-13H2,1-3H3/t17-/m1/s1. The molecule has 0 amide bonds. The molecular formula is C18H26N4. The molecular weight excluding hydrogens is 272 g/mol. The van der Waals surface area contributed by atoms with Gasteiger partial charge in [-0.2, -0.15) is 5.10 Å². The molecule has 1 fully saturated rings. The first-order valence-electron chi connectivity index (χ1n) is 8.23. The van der Waals surface area contributed by atoms with Crippen LogP contribution < -0.4 is 0 Å². The van der Waals surface area contributed by atoms with E-state index in [0.29, 0.717) is 0 Å². The first-order valence-corrected chi connectivity index (χ1v) is 8.23. The zero-order chi connectivity index (χ0) is 15.5. The minimum absolute atomic E-state index is 0.746. The predicted molar refractivity (Wildman–Crippen MR) is 88.6 cm³/mol. The summed E-state index contributed by atoms with van der Waals surface area (Å²) < 4.78 is 1.97. The number of likely N-dealkylation sites (tertiary alicyclic amines) is 1. The lowest BCUT2D eigenvalue weighted by Gasteiger charge is -2.32. The molecule has 22 heavy (non-hydrogen) atoms. The van der Waals surface area contributed by atoms with Gasteiger partial charge in [-0.25, -0.2) is 0 Å². The van der Waals surface area contributed by atoms with Crippen LogP contribution >= 0.6 is 0 Å². The van der Waals surface area contributed by atoms with E-state index in [1.807, 2.05) is 31.0 Å². The maximum absolute atomic E-state index is 4.42. The van der Waals surface area contributed by atoms with Crippen LogP contribution in [0.5, 0.6) is 0 Å². The predicted octanol–water partition coefficient (Wildman–Crippen LogP) is 2.89. The molecule has 0 N–H and O–H groups in total. The molecule has 1 saturated heterocycles. The van der Waals surface area contributed by atoms with Crippen LogP contribution in [0.2, 0.25) is 0 Å². The third kappa shape index (κ3) is 3.55. The highest BCUT2D eigenvalue weighted by molar-refractivity contribution is 5.16. The number of piperidine rings is 1. The van der Waals surface area contributed by atoms with E-state index in [0.717, 1.165) is 24.6 Å². The van der Waals surface area contributed by atoms with Crippen LogP contribution in [0, 0.1) is 19.8 Å². The molecule has 1 aliphatic rings. The van der Waals surface area contributed by atoms with Crippen molar-refractivity contribution in [2.75, 3.05) is 13.1 Å². The highest BCUT2D eigenvalue weighted by Crippen LogP contribution is 2.22. The number of hydrogen-bond acceptors (Lipinski definition) is 3. The lowest BCUT2D eigenvalue weighted by Crippen LogP contribution is -2.35. The van der Waals surface area contributed by atoms with E-state index in [1.165, 1.54) is 42.8 Å². The van der Waals surface area contributed by atoms with E-state index >= 15 is 0 Å². The molecule has 2 aromatic heterocycles. The van der Waals surface area contributed by atoms with Crippen molar-refractivity contribution in [2.45, 2.75) is 39.7 Å². The second kappa shape index (κ2) is 6.61. The SMILES string of the molecule is Cc1ccc(C[C@H]2CCCN(Cc3cnn(C)c3C)C2)cn1. The zero-order valence-corrected chi connectivity index (χ0v) is 13.9. The molecule has 1 atom stereocenters. The van der Waals surface area contributed by atoms with Crippen molar-refractivity contribution in [3.8, 4) is 0 Å². The van der Waals surface area contributed by atoms with Gasteiger partial charge in [0.15, 0.2) is 0 Å². The van der Waals surface area contributed by atoms with Crippen LogP contribution in [0.3, 0.4) is 0 Å². The van der Waals surface area contributed by atoms with Crippen molar-refractivity contribution in [1.82, 2.24) is 19.7 Å². The minimum atomic E-state index is 0.746. The van der Waals surface area contributed by atoms with Gasteiger partial charge < -0.3 is 0 Å². The van der Waals surface area contributed by atoms with Crippen molar-refractivity contribution in [3.63, 3.8) is 0 Å². The molecule has 4 heteroatoms. The van der Waals surface area contributed by atoms with E-state index in [2.05, 4.69) is 34.0 Å². The van der Waals surface area contributed by atoms with Gasteiger partial charge in [0.05, 0.1) is 6.20 Å². The molecule has 0 spiro atoms. The molecule has 0 unspecified atom stereocenters. The second-order valence-electron chi connectivity index (χ2n) is 6.63. The molecule has 0 radical (unpaired) electrons. The monoisotopic (exact) mass is 298 g/mol. The summed E-state index contributed by atoms with van der Waals surface area (Å²) in [5, 5.41) is 4.36. The second-order valence-corrected chi connectivity index (χ2v) is 6.63. The molecule has 0 saturated carbocycles. The minimum Gasteiger partial charge on any atom is -0.299 e. The fourth-order valence-electron chi connectivity index (χ4n) is 3.35. The third-order valence-electron chi connectivity index (χ3n) is 4.83. The lowest BCUT2D eigenvalue weighted by molar-refractivity contribution is 0.166. The Kier molecular flexibility index (Phi) is 4.57. The molecule has 118 valence electrons. The Morgan fingerprint density at radius 1 is 1.23 bits per heavy atom. The summed E-state index contributed by atoms with van der Waals surface area (Å²) in [6, 6.07) is 4.35. The van der Waals surface area contributed by atoms with Crippen molar-refractivity contribution in [3.05, 3.63) is 47.0 Å². The zero-order valence-electron chi connectivity index (χ0n) is 13.9. The fraction of sp³-hybridized carbons (Fsp3) is 0.556. The third-order valence-corrected chi connectivity index (χ3v) is 4.83. The maximum Gasteiger partial charge on any atom is 0.0537 e. The molecule has 0 bridgehead atoms. The van der Waals surface area contributed by atoms with Crippen molar-refractivity contribution < 1.29 is 0 Å². The first-order chi connectivity index (χ1) is 10.6. The van der Waals surface area contributed by atoms with E-state index in [4.69, 9.17) is 0 Å². The number of nitrogens with zero attached hydrogens (tertiary/aromatic N) is 4. The van der Waals surface area contributed by atoms with Crippen LogP contribution in [-0.4, -0.2) is 32.8 Å². The highest BCUT2D eigenvalue weighted by atomic mass is 15.3. The van der Waals surface area contributed by atoms with Gasteiger partial charge >= 0.3 is 0 Å². The Bertz CT molecular complexity index is 615. The smallest absolute Gasteiger partial charge is 0.0537 e. The van der Waals surface area contributed by atoms with Crippen LogP contribution in [-0.2, 0) is 20.0 Å². The van der Waals surface area contributed by atoms with Gasteiger partial charge in [0.2, 0.25) is 0 Å². The summed E-state index contributed by atoms with van der Waals surface area (Å²) in [6.45, 7) is 7.62. The number of pyridine rings is 1. The Morgan fingerprint density at radius 2 is 2.09 bits per heavy atom. The molecule has 3 heterocycles. The number of rotatable bonds is 4. The molecule has 0 aliphatic carbocycles. The largest absolute Gasteiger partial charge is 0.299 e. The van der Waals surface area contributed by atoms with Gasteiger partial charge in [-0.15, -0.1) is 0 Å². The summed E-state index contributed by atoms with van der Waals surface area (Å²) in [5.41, 5.74) is 5.11. The van der Waals surface area contributed by atoms with E-state index in [1.54, 1.807) is 0 Å². The van der Waals surface area contributed by atoms with Gasteiger partial charge in [-0.3, -0.25) is 14.6 Å². The lowest BCUT2D eigenvalue weighted by atomic mass is 9.91. The van der Waals surface area contributed by atoms with Crippen LogP contribution in [0.1, 0.15) is 35.4 Å². The summed E-state index contributed by atoms with van der Waals surface area (Å²) in [7, 11) is 2.02. The molecule has 2 aromatic rings. The van der Waals surface area contributed by atoms with Crippen molar-refractivity contribution in [2.24, 2.45) is 13.0 Å². The summed E-state index contributed by atoms with van der Waals surface area (Å²) in [4.78, 5) is 7.00. The van der Waals surface area contributed by atoms with Crippen molar-refractivity contribution in [1.29, 1.82) is 0 Å². The molecule has 3 rings (SSSR count).